The van der Waals surface area contributed by atoms with Gasteiger partial charge in [-0.15, -0.1) is 0 Å². The van der Waals surface area contributed by atoms with Crippen molar-refractivity contribution in [2.24, 2.45) is 7.05 Å². The van der Waals surface area contributed by atoms with E-state index in [1.807, 2.05) is 31.5 Å². The van der Waals surface area contributed by atoms with Crippen LogP contribution in [-0.2, 0) is 7.05 Å². The minimum Gasteiger partial charge on any atom is -0.351 e. The number of carbonyl (C=O) groups excluding carboxylic acids is 1. The molecule has 2 nitrogen and oxygen atoms in total. The molecule has 0 bridgehead atoms. The smallest absolute Gasteiger partial charge is 0.187 e. The molecule has 0 radical (unpaired) electrons. The van der Waals surface area contributed by atoms with Gasteiger partial charge >= 0.3 is 0 Å². The van der Waals surface area contributed by atoms with Gasteiger partial charge < -0.3 is 4.57 Å². The van der Waals surface area contributed by atoms with Gasteiger partial charge in [-0.05, 0) is 26.0 Å². The molecule has 1 heterocycles. The van der Waals surface area contributed by atoms with E-state index in [9.17, 15) is 4.79 Å². The van der Waals surface area contributed by atoms with Crippen molar-refractivity contribution in [3.8, 4) is 0 Å². The van der Waals surface area contributed by atoms with Gasteiger partial charge in [-0.1, -0.05) is 6.58 Å². The van der Waals surface area contributed by atoms with Crippen molar-refractivity contribution in [1.29, 1.82) is 0 Å². The highest BCUT2D eigenvalue weighted by Crippen LogP contribution is 2.13. The largest absolute Gasteiger partial charge is 0.351 e. The number of hydrogen-bond donors (Lipinski definition) is 0. The molecule has 0 N–H and O–H groups in total. The first kappa shape index (κ1) is 8.78. The lowest BCUT2D eigenvalue weighted by atomic mass is 10.1. The number of nitrogens with zero attached hydrogens (tertiary/aromatic N) is 1. The second-order valence-electron chi connectivity index (χ2n) is 2.91. The Morgan fingerprint density at radius 2 is 2.17 bits per heavy atom. The molecule has 0 unspecified atom stereocenters. The first-order chi connectivity index (χ1) is 5.57. The summed E-state index contributed by atoms with van der Waals surface area (Å²) in [4.78, 5) is 11.3. The summed E-state index contributed by atoms with van der Waals surface area (Å²) in [5, 5.41) is 0. The highest BCUT2D eigenvalue weighted by atomic mass is 16.1. The topological polar surface area (TPSA) is 22.0 Å². The first-order valence-corrected chi connectivity index (χ1v) is 3.87. The van der Waals surface area contributed by atoms with E-state index in [-0.39, 0.29) is 5.78 Å². The number of allylic oxidation sites excluding steroid dienone is 1. The highest BCUT2D eigenvalue weighted by Gasteiger charge is 2.10. The van der Waals surface area contributed by atoms with Crippen molar-refractivity contribution in [1.82, 2.24) is 4.57 Å². The summed E-state index contributed by atoms with van der Waals surface area (Å²) in [6, 6.07) is 1.89. The van der Waals surface area contributed by atoms with Crippen LogP contribution >= 0.6 is 0 Å². The van der Waals surface area contributed by atoms with E-state index in [1.165, 1.54) is 6.08 Å². The average Bonchev–Trinajstić information content (AvgIpc) is 2.32. The van der Waals surface area contributed by atoms with E-state index in [1.54, 1.807) is 0 Å². The van der Waals surface area contributed by atoms with Crippen LogP contribution in [0.1, 0.15) is 21.7 Å². The van der Waals surface area contributed by atoms with Crippen LogP contribution < -0.4 is 0 Å². The number of aryl methyl sites for hydroxylation is 1. The van der Waals surface area contributed by atoms with Crippen molar-refractivity contribution < 1.29 is 4.79 Å². The van der Waals surface area contributed by atoms with Crippen LogP contribution in [0.15, 0.2) is 18.7 Å². The van der Waals surface area contributed by atoms with Gasteiger partial charge in [0.15, 0.2) is 5.78 Å². The van der Waals surface area contributed by atoms with Gasteiger partial charge in [-0.25, -0.2) is 0 Å². The van der Waals surface area contributed by atoms with E-state index in [2.05, 4.69) is 6.58 Å². The number of hydrogen-bond acceptors (Lipinski definition) is 1. The molecule has 12 heavy (non-hydrogen) atoms. The van der Waals surface area contributed by atoms with Gasteiger partial charge in [-0.2, -0.15) is 0 Å². The Morgan fingerprint density at radius 3 is 2.50 bits per heavy atom. The Balaban J connectivity index is 3.26. The number of ketones is 1. The summed E-state index contributed by atoms with van der Waals surface area (Å²) in [5.74, 6) is -0.00352. The fourth-order valence-electron chi connectivity index (χ4n) is 1.21. The Bertz CT molecular complexity index is 334. The van der Waals surface area contributed by atoms with Gasteiger partial charge in [0.2, 0.25) is 0 Å². The maximum atomic E-state index is 11.3. The minimum absolute atomic E-state index is 0.00352. The summed E-state index contributed by atoms with van der Waals surface area (Å²) in [5.41, 5.74) is 2.85. The molecule has 0 saturated heterocycles. The predicted octanol–water partition coefficient (Wildman–Crippen LogP) is 2.01. The van der Waals surface area contributed by atoms with Crippen molar-refractivity contribution in [2.45, 2.75) is 13.8 Å². The molecule has 0 aliphatic heterocycles. The third kappa shape index (κ3) is 1.20. The molecule has 0 amide bonds. The Hall–Kier alpha value is -1.31. The molecule has 1 rings (SSSR count). The van der Waals surface area contributed by atoms with Gasteiger partial charge in [0.1, 0.15) is 0 Å². The van der Waals surface area contributed by atoms with Crippen LogP contribution in [-0.4, -0.2) is 10.4 Å². The zero-order valence-electron chi connectivity index (χ0n) is 7.72. The van der Waals surface area contributed by atoms with Crippen LogP contribution in [0, 0.1) is 13.8 Å². The molecule has 1 aromatic heterocycles. The lowest BCUT2D eigenvalue weighted by molar-refractivity contribution is 0.104. The SMILES string of the molecule is C=CC(=O)c1cc(C)n(C)c1C. The molecule has 0 fully saturated rings. The molecule has 0 atom stereocenters. The molecule has 0 spiro atoms. The van der Waals surface area contributed by atoms with Crippen LogP contribution in [0.4, 0.5) is 0 Å². The zero-order chi connectivity index (χ0) is 9.30. The molecule has 0 aliphatic carbocycles. The predicted molar refractivity (Wildman–Crippen MR) is 49.4 cm³/mol. The fraction of sp³-hybridized carbons (Fsp3) is 0.300. The fourth-order valence-corrected chi connectivity index (χ4v) is 1.21. The summed E-state index contributed by atoms with van der Waals surface area (Å²) >= 11 is 0. The molecule has 0 aromatic carbocycles. The number of rotatable bonds is 2. The van der Waals surface area contributed by atoms with Crippen LogP contribution in [0.3, 0.4) is 0 Å². The summed E-state index contributed by atoms with van der Waals surface area (Å²) in [6.07, 6.45) is 1.35. The van der Waals surface area contributed by atoms with Crippen molar-refractivity contribution in [2.75, 3.05) is 0 Å². The van der Waals surface area contributed by atoms with Crippen molar-refractivity contribution in [3.63, 3.8) is 0 Å². The second-order valence-corrected chi connectivity index (χ2v) is 2.91. The van der Waals surface area contributed by atoms with Gasteiger partial charge in [0, 0.05) is 24.0 Å². The summed E-state index contributed by atoms with van der Waals surface area (Å²) in [7, 11) is 1.95. The Kier molecular flexibility index (Phi) is 2.18. The lowest BCUT2D eigenvalue weighted by Gasteiger charge is -1.98. The molecule has 0 saturated carbocycles. The van der Waals surface area contributed by atoms with Gasteiger partial charge in [0.25, 0.3) is 0 Å². The number of carbonyl (C=O) groups is 1. The number of aromatic nitrogens is 1. The summed E-state index contributed by atoms with van der Waals surface area (Å²) in [6.45, 7) is 7.37. The third-order valence-electron chi connectivity index (χ3n) is 2.23. The quantitative estimate of drug-likeness (QED) is 0.483. The maximum Gasteiger partial charge on any atom is 0.187 e. The Morgan fingerprint density at radius 1 is 1.58 bits per heavy atom. The molecule has 1 aromatic rings. The van der Waals surface area contributed by atoms with E-state index in [4.69, 9.17) is 0 Å². The van der Waals surface area contributed by atoms with E-state index < -0.39 is 0 Å². The normalized spacial score (nSPS) is 9.92. The molecular formula is C10H13NO. The lowest BCUT2D eigenvalue weighted by Crippen LogP contribution is -1.98. The average molecular weight is 163 g/mol. The first-order valence-electron chi connectivity index (χ1n) is 3.87. The maximum absolute atomic E-state index is 11.3. The zero-order valence-corrected chi connectivity index (χ0v) is 7.72. The molecular weight excluding hydrogens is 150 g/mol. The molecule has 2 heteroatoms. The van der Waals surface area contributed by atoms with Crippen molar-refractivity contribution >= 4 is 5.78 Å². The third-order valence-corrected chi connectivity index (χ3v) is 2.23. The molecule has 0 aliphatic rings. The highest BCUT2D eigenvalue weighted by molar-refractivity contribution is 6.05. The van der Waals surface area contributed by atoms with Gasteiger partial charge in [0.05, 0.1) is 0 Å². The standard InChI is InChI=1S/C10H13NO/c1-5-10(12)9-6-7(2)11(4)8(9)3/h5-6H,1H2,2-4H3. The van der Waals surface area contributed by atoms with E-state index >= 15 is 0 Å². The van der Waals surface area contributed by atoms with Crippen LogP contribution in [0.2, 0.25) is 0 Å². The monoisotopic (exact) mass is 163 g/mol. The van der Waals surface area contributed by atoms with Gasteiger partial charge in [-0.3, -0.25) is 4.79 Å². The van der Waals surface area contributed by atoms with Crippen LogP contribution in [0.25, 0.3) is 0 Å². The van der Waals surface area contributed by atoms with Crippen LogP contribution in [0.5, 0.6) is 0 Å². The Labute approximate surface area is 72.5 Å². The molecule has 64 valence electrons. The minimum atomic E-state index is -0.00352. The van der Waals surface area contributed by atoms with E-state index in [0.717, 1.165) is 17.0 Å². The van der Waals surface area contributed by atoms with Crippen molar-refractivity contribution in [3.05, 3.63) is 35.7 Å². The second kappa shape index (κ2) is 2.97. The van der Waals surface area contributed by atoms with E-state index in [0.29, 0.717) is 0 Å². The summed E-state index contributed by atoms with van der Waals surface area (Å²) < 4.78 is 2.00.